The van der Waals surface area contributed by atoms with Crippen LogP contribution in [-0.2, 0) is 11.3 Å². The predicted molar refractivity (Wildman–Crippen MR) is 95.3 cm³/mol. The van der Waals surface area contributed by atoms with Crippen LogP contribution in [0.25, 0.3) is 10.9 Å². The van der Waals surface area contributed by atoms with Gasteiger partial charge in [-0.05, 0) is 43.7 Å². The standard InChI is InChI=1S/C19H23ClN2O2/c1-19(5-6-19)18(23)21-10-14-7-13-8-15(20)17(9-16(13)22-14)24-11-12-3-2-4-12/h7-9,12,22H,2-6,10-11H2,1H3,(H,21,23). The van der Waals surface area contributed by atoms with Crippen LogP contribution in [0.5, 0.6) is 5.75 Å². The normalized spacial score (nSPS) is 19.1. The molecular formula is C19H23ClN2O2. The molecule has 128 valence electrons. The van der Waals surface area contributed by atoms with E-state index in [4.69, 9.17) is 16.3 Å². The average molecular weight is 347 g/mol. The van der Waals surface area contributed by atoms with Crippen molar-refractivity contribution in [2.75, 3.05) is 6.61 Å². The van der Waals surface area contributed by atoms with E-state index >= 15 is 0 Å². The summed E-state index contributed by atoms with van der Waals surface area (Å²) in [5, 5.41) is 4.69. The largest absolute Gasteiger partial charge is 0.492 e. The Kier molecular flexibility index (Phi) is 3.95. The Morgan fingerprint density at radius 1 is 1.38 bits per heavy atom. The second-order valence-corrected chi connectivity index (χ2v) is 7.92. The Bertz CT molecular complexity index is 775. The molecule has 0 unspecified atom stereocenters. The highest BCUT2D eigenvalue weighted by atomic mass is 35.5. The third-order valence-corrected chi connectivity index (χ3v) is 5.71. The molecular weight excluding hydrogens is 324 g/mol. The second kappa shape index (κ2) is 5.99. The summed E-state index contributed by atoms with van der Waals surface area (Å²) in [5.41, 5.74) is 1.83. The number of aromatic nitrogens is 1. The first-order valence-electron chi connectivity index (χ1n) is 8.76. The number of halogens is 1. The topological polar surface area (TPSA) is 54.1 Å². The molecule has 0 radical (unpaired) electrons. The van der Waals surface area contributed by atoms with E-state index in [0.717, 1.165) is 41.8 Å². The predicted octanol–water partition coefficient (Wildman–Crippen LogP) is 4.42. The van der Waals surface area contributed by atoms with Crippen molar-refractivity contribution in [2.45, 2.75) is 45.6 Å². The highest BCUT2D eigenvalue weighted by Gasteiger charge is 2.44. The van der Waals surface area contributed by atoms with Gasteiger partial charge in [-0.3, -0.25) is 4.79 Å². The number of benzene rings is 1. The van der Waals surface area contributed by atoms with Crippen molar-refractivity contribution in [1.29, 1.82) is 0 Å². The molecule has 4 rings (SSSR count). The molecule has 1 aromatic heterocycles. The second-order valence-electron chi connectivity index (χ2n) is 7.52. The van der Waals surface area contributed by atoms with Gasteiger partial charge in [-0.25, -0.2) is 0 Å². The molecule has 1 heterocycles. The highest BCUT2D eigenvalue weighted by molar-refractivity contribution is 6.32. The zero-order valence-electron chi connectivity index (χ0n) is 14.0. The summed E-state index contributed by atoms with van der Waals surface area (Å²) >= 11 is 6.34. The van der Waals surface area contributed by atoms with Crippen molar-refractivity contribution in [2.24, 2.45) is 11.3 Å². The van der Waals surface area contributed by atoms with Gasteiger partial charge >= 0.3 is 0 Å². The maximum Gasteiger partial charge on any atom is 0.226 e. The minimum Gasteiger partial charge on any atom is -0.492 e. The molecule has 0 bridgehead atoms. The fourth-order valence-electron chi connectivity index (χ4n) is 3.07. The quantitative estimate of drug-likeness (QED) is 0.813. The Labute approximate surface area is 146 Å². The molecule has 0 aliphatic heterocycles. The van der Waals surface area contributed by atoms with Crippen molar-refractivity contribution in [3.05, 3.63) is 28.9 Å². The maximum atomic E-state index is 12.0. The monoisotopic (exact) mass is 346 g/mol. The number of hydrogen-bond acceptors (Lipinski definition) is 2. The molecule has 0 spiro atoms. The fraction of sp³-hybridized carbons (Fsp3) is 0.526. The molecule has 0 saturated heterocycles. The third kappa shape index (κ3) is 3.12. The number of fused-ring (bicyclic) bond motifs is 1. The van der Waals surface area contributed by atoms with Gasteiger partial charge in [0.1, 0.15) is 5.75 Å². The molecule has 2 N–H and O–H groups in total. The van der Waals surface area contributed by atoms with Gasteiger partial charge in [0.2, 0.25) is 5.91 Å². The van der Waals surface area contributed by atoms with E-state index in [1.165, 1.54) is 19.3 Å². The minimum absolute atomic E-state index is 0.141. The molecule has 2 aliphatic rings. The molecule has 5 heteroatoms. The molecule has 2 aromatic rings. The molecule has 1 aromatic carbocycles. The molecule has 2 aliphatic carbocycles. The lowest BCUT2D eigenvalue weighted by molar-refractivity contribution is -0.125. The first-order chi connectivity index (χ1) is 11.5. The summed E-state index contributed by atoms with van der Waals surface area (Å²) in [5.74, 6) is 1.55. The molecule has 24 heavy (non-hydrogen) atoms. The number of hydrogen-bond donors (Lipinski definition) is 2. The highest BCUT2D eigenvalue weighted by Crippen LogP contribution is 2.45. The lowest BCUT2D eigenvalue weighted by atomic mass is 9.86. The Balaban J connectivity index is 1.44. The molecule has 2 fully saturated rings. The number of rotatable bonds is 6. The van der Waals surface area contributed by atoms with Gasteiger partial charge in [0.25, 0.3) is 0 Å². The van der Waals surface area contributed by atoms with Crippen molar-refractivity contribution in [3.63, 3.8) is 0 Å². The SMILES string of the molecule is CC1(C(=O)NCc2cc3cc(Cl)c(OCC4CCC4)cc3[nH]2)CC1. The van der Waals surface area contributed by atoms with E-state index in [1.54, 1.807) is 0 Å². The van der Waals surface area contributed by atoms with Crippen LogP contribution >= 0.6 is 11.6 Å². The van der Waals surface area contributed by atoms with Gasteiger partial charge in [-0.1, -0.05) is 24.9 Å². The van der Waals surface area contributed by atoms with Crippen LogP contribution in [0.15, 0.2) is 18.2 Å². The number of H-pyrrole nitrogens is 1. The number of ether oxygens (including phenoxy) is 1. The number of nitrogens with one attached hydrogen (secondary N) is 2. The smallest absolute Gasteiger partial charge is 0.226 e. The summed E-state index contributed by atoms with van der Waals surface area (Å²) < 4.78 is 5.89. The van der Waals surface area contributed by atoms with E-state index in [1.807, 2.05) is 25.1 Å². The fourth-order valence-corrected chi connectivity index (χ4v) is 3.30. The van der Waals surface area contributed by atoms with Gasteiger partial charge in [0.05, 0.1) is 18.2 Å². The lowest BCUT2D eigenvalue weighted by Gasteiger charge is -2.25. The zero-order valence-corrected chi connectivity index (χ0v) is 14.7. The Hall–Kier alpha value is -1.68. The lowest BCUT2D eigenvalue weighted by Crippen LogP contribution is -2.29. The van der Waals surface area contributed by atoms with Gasteiger partial charge in [-0.2, -0.15) is 0 Å². The Morgan fingerprint density at radius 3 is 2.83 bits per heavy atom. The van der Waals surface area contributed by atoms with Crippen molar-refractivity contribution < 1.29 is 9.53 Å². The molecule has 1 amide bonds. The van der Waals surface area contributed by atoms with Crippen molar-refractivity contribution in [3.8, 4) is 5.75 Å². The minimum atomic E-state index is -0.141. The van der Waals surface area contributed by atoms with Crippen LogP contribution in [0.2, 0.25) is 5.02 Å². The number of aromatic amines is 1. The van der Waals surface area contributed by atoms with E-state index in [9.17, 15) is 4.79 Å². The maximum absolute atomic E-state index is 12.0. The summed E-state index contributed by atoms with van der Waals surface area (Å²) in [6, 6.07) is 5.92. The average Bonchev–Trinajstić information content (AvgIpc) is 3.13. The molecule has 2 saturated carbocycles. The first-order valence-corrected chi connectivity index (χ1v) is 9.13. The van der Waals surface area contributed by atoms with Gasteiger partial charge in [0, 0.05) is 28.1 Å². The molecule has 0 atom stereocenters. The van der Waals surface area contributed by atoms with Crippen LogP contribution in [-0.4, -0.2) is 17.5 Å². The van der Waals surface area contributed by atoms with Crippen molar-refractivity contribution >= 4 is 28.4 Å². The van der Waals surface area contributed by atoms with E-state index in [2.05, 4.69) is 10.3 Å². The van der Waals surface area contributed by atoms with Gasteiger partial charge < -0.3 is 15.0 Å². The number of amides is 1. The van der Waals surface area contributed by atoms with Crippen LogP contribution < -0.4 is 10.1 Å². The van der Waals surface area contributed by atoms with Crippen LogP contribution in [0.4, 0.5) is 0 Å². The van der Waals surface area contributed by atoms with Crippen LogP contribution in [0.1, 0.15) is 44.7 Å². The van der Waals surface area contributed by atoms with E-state index in [-0.39, 0.29) is 11.3 Å². The van der Waals surface area contributed by atoms with E-state index < -0.39 is 0 Å². The van der Waals surface area contributed by atoms with E-state index in [0.29, 0.717) is 17.5 Å². The van der Waals surface area contributed by atoms with Crippen LogP contribution in [0, 0.1) is 11.3 Å². The van der Waals surface area contributed by atoms with Crippen molar-refractivity contribution in [1.82, 2.24) is 10.3 Å². The summed E-state index contributed by atoms with van der Waals surface area (Å²) in [4.78, 5) is 15.4. The third-order valence-electron chi connectivity index (χ3n) is 5.42. The summed E-state index contributed by atoms with van der Waals surface area (Å²) in [7, 11) is 0. The van der Waals surface area contributed by atoms with Crippen LogP contribution in [0.3, 0.4) is 0 Å². The zero-order chi connectivity index (χ0) is 16.7. The number of carbonyl (C=O) groups excluding carboxylic acids is 1. The van der Waals surface area contributed by atoms with Gasteiger partial charge in [-0.15, -0.1) is 0 Å². The number of carbonyl (C=O) groups is 1. The van der Waals surface area contributed by atoms with Gasteiger partial charge in [0.15, 0.2) is 0 Å². The molecule has 4 nitrogen and oxygen atoms in total. The first kappa shape index (κ1) is 15.8. The summed E-state index contributed by atoms with van der Waals surface area (Å²) in [6.45, 7) is 3.27. The Morgan fingerprint density at radius 2 is 2.17 bits per heavy atom. The summed E-state index contributed by atoms with van der Waals surface area (Å²) in [6.07, 6.45) is 5.80.